The number of carboxylic acid groups (broad SMARTS) is 1. The van der Waals surface area contributed by atoms with Crippen LogP contribution in [-0.4, -0.2) is 66.9 Å². The summed E-state index contributed by atoms with van der Waals surface area (Å²) in [5, 5.41) is 12.1. The van der Waals surface area contributed by atoms with Crippen LogP contribution in [0.1, 0.15) is 24.4 Å². The molecule has 25 heavy (non-hydrogen) atoms. The van der Waals surface area contributed by atoms with E-state index in [-0.39, 0.29) is 18.6 Å². The highest BCUT2D eigenvalue weighted by atomic mass is 32.2. The molecule has 1 fully saturated rings. The highest BCUT2D eigenvalue weighted by Crippen LogP contribution is 2.22. The summed E-state index contributed by atoms with van der Waals surface area (Å²) in [6.45, 7) is 1.39. The van der Waals surface area contributed by atoms with Gasteiger partial charge in [0.15, 0.2) is 0 Å². The van der Waals surface area contributed by atoms with E-state index < -0.39 is 11.9 Å². The lowest BCUT2D eigenvalue weighted by molar-refractivity contribution is -0.143. The number of benzene rings is 1. The predicted octanol–water partition coefficient (Wildman–Crippen LogP) is 2.52. The van der Waals surface area contributed by atoms with E-state index in [1.165, 1.54) is 4.90 Å². The smallest absolute Gasteiger partial charge is 0.317 e. The van der Waals surface area contributed by atoms with Gasteiger partial charge in [-0.15, -0.1) is 11.8 Å². The third kappa shape index (κ3) is 5.37. The molecule has 0 aliphatic carbocycles. The van der Waals surface area contributed by atoms with Gasteiger partial charge in [-0.25, -0.2) is 4.79 Å². The van der Waals surface area contributed by atoms with Crippen molar-refractivity contribution in [2.24, 2.45) is 5.92 Å². The second kappa shape index (κ2) is 9.10. The monoisotopic (exact) mass is 365 g/mol. The van der Waals surface area contributed by atoms with Gasteiger partial charge in [-0.1, -0.05) is 12.1 Å². The maximum absolute atomic E-state index is 12.4. The van der Waals surface area contributed by atoms with Crippen molar-refractivity contribution >= 4 is 23.8 Å². The SMILES string of the molecule is CSc1ccc(C(CNC(=O)N2CCCC(C(=O)O)C2)N(C)C)cc1. The predicted molar refractivity (Wildman–Crippen MR) is 100.0 cm³/mol. The molecule has 0 aromatic heterocycles. The Hall–Kier alpha value is -1.73. The van der Waals surface area contributed by atoms with Crippen LogP contribution in [0, 0.1) is 5.92 Å². The molecule has 2 rings (SSSR count). The van der Waals surface area contributed by atoms with E-state index in [9.17, 15) is 9.59 Å². The first-order valence-electron chi connectivity index (χ1n) is 8.48. The van der Waals surface area contributed by atoms with Crippen LogP contribution in [0.3, 0.4) is 0 Å². The molecule has 1 aromatic carbocycles. The number of carbonyl (C=O) groups excluding carboxylic acids is 1. The Morgan fingerprint density at radius 3 is 2.60 bits per heavy atom. The second-order valence-electron chi connectivity index (χ2n) is 6.56. The molecular weight excluding hydrogens is 338 g/mol. The summed E-state index contributed by atoms with van der Waals surface area (Å²) in [4.78, 5) is 28.5. The van der Waals surface area contributed by atoms with Crippen LogP contribution in [0.4, 0.5) is 4.79 Å². The quantitative estimate of drug-likeness (QED) is 0.758. The number of piperidine rings is 1. The number of hydrogen-bond donors (Lipinski definition) is 2. The lowest BCUT2D eigenvalue weighted by Gasteiger charge is -2.32. The molecule has 1 aliphatic rings. The Bertz CT molecular complexity index is 592. The van der Waals surface area contributed by atoms with Crippen LogP contribution in [-0.2, 0) is 4.79 Å². The zero-order valence-corrected chi connectivity index (χ0v) is 15.9. The molecule has 2 atom stereocenters. The maximum atomic E-state index is 12.4. The lowest BCUT2D eigenvalue weighted by Crippen LogP contribution is -2.48. The van der Waals surface area contributed by atoms with Crippen LogP contribution < -0.4 is 5.32 Å². The summed E-state index contributed by atoms with van der Waals surface area (Å²) in [6.07, 6.45) is 3.42. The molecule has 1 heterocycles. The molecule has 1 aliphatic heterocycles. The lowest BCUT2D eigenvalue weighted by atomic mass is 9.99. The number of nitrogens with zero attached hydrogens (tertiary/aromatic N) is 2. The Balaban J connectivity index is 1.95. The van der Waals surface area contributed by atoms with Crippen molar-refractivity contribution < 1.29 is 14.7 Å². The summed E-state index contributed by atoms with van der Waals surface area (Å²) in [7, 11) is 3.97. The van der Waals surface area contributed by atoms with Crippen molar-refractivity contribution in [3.05, 3.63) is 29.8 Å². The molecule has 0 saturated carbocycles. The number of amides is 2. The maximum Gasteiger partial charge on any atom is 0.317 e. The number of carbonyl (C=O) groups is 2. The third-order valence-electron chi connectivity index (χ3n) is 4.63. The van der Waals surface area contributed by atoms with Crippen LogP contribution in [0.2, 0.25) is 0 Å². The van der Waals surface area contributed by atoms with Gasteiger partial charge in [-0.2, -0.15) is 0 Å². The normalized spacial score (nSPS) is 18.9. The molecule has 6 nitrogen and oxygen atoms in total. The summed E-state index contributed by atoms with van der Waals surface area (Å²) in [5.41, 5.74) is 1.14. The topological polar surface area (TPSA) is 72.9 Å². The van der Waals surface area contributed by atoms with Crippen molar-refractivity contribution in [3.63, 3.8) is 0 Å². The van der Waals surface area contributed by atoms with Gasteiger partial charge in [0.1, 0.15) is 0 Å². The van der Waals surface area contributed by atoms with E-state index in [2.05, 4.69) is 34.5 Å². The first-order valence-corrected chi connectivity index (χ1v) is 9.70. The van der Waals surface area contributed by atoms with Gasteiger partial charge in [-0.3, -0.25) is 4.79 Å². The Labute approximate surface area is 153 Å². The first-order chi connectivity index (χ1) is 11.9. The van der Waals surface area contributed by atoms with Gasteiger partial charge < -0.3 is 20.2 Å². The van der Waals surface area contributed by atoms with Crippen LogP contribution in [0.25, 0.3) is 0 Å². The number of urea groups is 1. The minimum Gasteiger partial charge on any atom is -0.481 e. The number of carboxylic acids is 1. The summed E-state index contributed by atoms with van der Waals surface area (Å²) >= 11 is 1.70. The highest BCUT2D eigenvalue weighted by molar-refractivity contribution is 7.98. The van der Waals surface area contributed by atoms with Crippen molar-refractivity contribution in [2.75, 3.05) is 40.0 Å². The fourth-order valence-electron chi connectivity index (χ4n) is 3.08. The Morgan fingerprint density at radius 1 is 1.36 bits per heavy atom. The van der Waals surface area contributed by atoms with Gasteiger partial charge in [0.05, 0.1) is 12.0 Å². The zero-order chi connectivity index (χ0) is 18.4. The highest BCUT2D eigenvalue weighted by Gasteiger charge is 2.28. The molecule has 1 saturated heterocycles. The molecule has 2 N–H and O–H groups in total. The Kier molecular flexibility index (Phi) is 7.13. The van der Waals surface area contributed by atoms with Crippen LogP contribution in [0.15, 0.2) is 29.2 Å². The van der Waals surface area contributed by atoms with E-state index >= 15 is 0 Å². The van der Waals surface area contributed by atoms with Gasteiger partial charge in [0, 0.05) is 24.5 Å². The van der Waals surface area contributed by atoms with E-state index in [1.54, 1.807) is 16.7 Å². The average molecular weight is 365 g/mol. The molecular formula is C18H27N3O3S. The number of rotatable bonds is 6. The molecule has 7 heteroatoms. The zero-order valence-electron chi connectivity index (χ0n) is 15.1. The number of thioether (sulfide) groups is 1. The van der Waals surface area contributed by atoms with Gasteiger partial charge in [0.2, 0.25) is 0 Å². The van der Waals surface area contributed by atoms with Crippen molar-refractivity contribution in [2.45, 2.75) is 23.8 Å². The van der Waals surface area contributed by atoms with Crippen molar-refractivity contribution in [3.8, 4) is 0 Å². The number of hydrogen-bond acceptors (Lipinski definition) is 4. The third-order valence-corrected chi connectivity index (χ3v) is 5.37. The summed E-state index contributed by atoms with van der Waals surface area (Å²) in [6, 6.07) is 8.23. The van der Waals surface area contributed by atoms with E-state index in [0.29, 0.717) is 19.5 Å². The standard InChI is InChI=1S/C18H27N3O3S/c1-20(2)16(13-6-8-15(25-3)9-7-13)11-19-18(24)21-10-4-5-14(12-21)17(22)23/h6-9,14,16H,4-5,10-12H2,1-3H3,(H,19,24)(H,22,23). The molecule has 2 amide bonds. The molecule has 0 spiro atoms. The summed E-state index contributed by atoms with van der Waals surface area (Å²) in [5.74, 6) is -1.28. The number of nitrogens with one attached hydrogen (secondary N) is 1. The second-order valence-corrected chi connectivity index (χ2v) is 7.44. The fraction of sp³-hybridized carbons (Fsp3) is 0.556. The van der Waals surface area contributed by atoms with E-state index in [4.69, 9.17) is 5.11 Å². The van der Waals surface area contributed by atoms with Crippen LogP contribution in [0.5, 0.6) is 0 Å². The van der Waals surface area contributed by atoms with Crippen molar-refractivity contribution in [1.29, 1.82) is 0 Å². The van der Waals surface area contributed by atoms with Crippen molar-refractivity contribution in [1.82, 2.24) is 15.1 Å². The minimum atomic E-state index is -0.822. The molecule has 2 unspecified atom stereocenters. The average Bonchev–Trinajstić information content (AvgIpc) is 2.62. The number of likely N-dealkylation sites (N-methyl/N-ethyl adjacent to an activating group) is 1. The fourth-order valence-corrected chi connectivity index (χ4v) is 3.49. The van der Waals surface area contributed by atoms with E-state index in [0.717, 1.165) is 12.0 Å². The number of aliphatic carboxylic acids is 1. The summed E-state index contributed by atoms with van der Waals surface area (Å²) < 4.78 is 0. The molecule has 138 valence electrons. The first kappa shape index (κ1) is 19.6. The molecule has 1 aromatic rings. The largest absolute Gasteiger partial charge is 0.481 e. The van der Waals surface area contributed by atoms with Gasteiger partial charge in [0.25, 0.3) is 0 Å². The van der Waals surface area contributed by atoms with Gasteiger partial charge >= 0.3 is 12.0 Å². The minimum absolute atomic E-state index is 0.0694. The Morgan fingerprint density at radius 2 is 2.04 bits per heavy atom. The van der Waals surface area contributed by atoms with Crippen LogP contribution >= 0.6 is 11.8 Å². The number of likely N-dealkylation sites (tertiary alicyclic amines) is 1. The van der Waals surface area contributed by atoms with E-state index in [1.807, 2.05) is 20.4 Å². The van der Waals surface area contributed by atoms with Gasteiger partial charge in [-0.05, 0) is 50.9 Å². The molecule has 0 radical (unpaired) electrons. The molecule has 0 bridgehead atoms.